The minimum Gasteiger partial charge on any atom is -0.497 e. The maximum absolute atomic E-state index is 11.6. The third-order valence-electron chi connectivity index (χ3n) is 3.05. The standard InChI is InChI=1S/C13H17NO2/c1-9-6-12(9)13(15)14-8-10-4-3-5-11(7-10)16-2/h3-5,7,9,12H,6,8H2,1-2H3,(H,14,15)/t9-,12-/m0/s1. The van der Waals surface area contributed by atoms with Crippen molar-refractivity contribution >= 4 is 5.91 Å². The fourth-order valence-electron chi connectivity index (χ4n) is 1.79. The first-order valence-electron chi connectivity index (χ1n) is 5.61. The molecule has 0 bridgehead atoms. The van der Waals surface area contributed by atoms with E-state index < -0.39 is 0 Å². The van der Waals surface area contributed by atoms with E-state index in [1.807, 2.05) is 24.3 Å². The van der Waals surface area contributed by atoms with Crippen LogP contribution in [-0.4, -0.2) is 13.0 Å². The largest absolute Gasteiger partial charge is 0.497 e. The quantitative estimate of drug-likeness (QED) is 0.840. The molecule has 1 fully saturated rings. The highest BCUT2D eigenvalue weighted by Crippen LogP contribution is 2.37. The summed E-state index contributed by atoms with van der Waals surface area (Å²) in [5, 5.41) is 2.95. The molecule has 1 saturated carbocycles. The Balaban J connectivity index is 1.86. The molecule has 1 aliphatic rings. The molecule has 1 aliphatic carbocycles. The van der Waals surface area contributed by atoms with Crippen LogP contribution in [0.4, 0.5) is 0 Å². The molecular formula is C13H17NO2. The van der Waals surface area contributed by atoms with Gasteiger partial charge in [0, 0.05) is 12.5 Å². The number of rotatable bonds is 4. The number of carbonyl (C=O) groups excluding carboxylic acids is 1. The zero-order valence-corrected chi connectivity index (χ0v) is 9.69. The Kier molecular flexibility index (Phi) is 3.13. The number of hydrogen-bond donors (Lipinski definition) is 1. The second-order valence-electron chi connectivity index (χ2n) is 4.39. The van der Waals surface area contributed by atoms with Crippen molar-refractivity contribution in [3.05, 3.63) is 29.8 Å². The predicted octanol–water partition coefficient (Wildman–Crippen LogP) is 1.97. The summed E-state index contributed by atoms with van der Waals surface area (Å²) in [6.07, 6.45) is 1.03. The third-order valence-corrected chi connectivity index (χ3v) is 3.05. The summed E-state index contributed by atoms with van der Waals surface area (Å²) >= 11 is 0. The third kappa shape index (κ3) is 2.54. The van der Waals surface area contributed by atoms with Crippen molar-refractivity contribution in [2.24, 2.45) is 11.8 Å². The summed E-state index contributed by atoms with van der Waals surface area (Å²) in [4.78, 5) is 11.6. The average Bonchev–Trinajstić information content (AvgIpc) is 3.04. The molecule has 0 saturated heterocycles. The van der Waals surface area contributed by atoms with Crippen LogP contribution in [0.2, 0.25) is 0 Å². The molecule has 0 unspecified atom stereocenters. The van der Waals surface area contributed by atoms with E-state index in [2.05, 4.69) is 12.2 Å². The van der Waals surface area contributed by atoms with Crippen molar-refractivity contribution < 1.29 is 9.53 Å². The van der Waals surface area contributed by atoms with Gasteiger partial charge in [-0.05, 0) is 30.0 Å². The topological polar surface area (TPSA) is 38.3 Å². The summed E-state index contributed by atoms with van der Waals surface area (Å²) in [6, 6.07) is 7.75. The minimum absolute atomic E-state index is 0.176. The van der Waals surface area contributed by atoms with Gasteiger partial charge in [-0.1, -0.05) is 19.1 Å². The van der Waals surface area contributed by atoms with E-state index in [4.69, 9.17) is 4.74 Å². The van der Waals surface area contributed by atoms with E-state index in [1.54, 1.807) is 7.11 Å². The van der Waals surface area contributed by atoms with Gasteiger partial charge in [0.1, 0.15) is 5.75 Å². The maximum atomic E-state index is 11.6. The molecule has 0 radical (unpaired) electrons. The van der Waals surface area contributed by atoms with Gasteiger partial charge in [0.2, 0.25) is 5.91 Å². The molecular weight excluding hydrogens is 202 g/mol. The molecule has 0 heterocycles. The van der Waals surface area contributed by atoms with Crippen molar-refractivity contribution in [3.8, 4) is 5.75 Å². The van der Waals surface area contributed by atoms with Gasteiger partial charge in [0.05, 0.1) is 7.11 Å². The lowest BCUT2D eigenvalue weighted by atomic mass is 10.2. The Morgan fingerprint density at radius 2 is 2.31 bits per heavy atom. The van der Waals surface area contributed by atoms with Gasteiger partial charge in [-0.25, -0.2) is 0 Å². The van der Waals surface area contributed by atoms with Gasteiger partial charge in [-0.15, -0.1) is 0 Å². The molecule has 3 heteroatoms. The fourth-order valence-corrected chi connectivity index (χ4v) is 1.79. The van der Waals surface area contributed by atoms with Crippen LogP contribution < -0.4 is 10.1 Å². The van der Waals surface area contributed by atoms with Crippen molar-refractivity contribution in [1.82, 2.24) is 5.32 Å². The summed E-state index contributed by atoms with van der Waals surface area (Å²) in [5.74, 6) is 1.80. The van der Waals surface area contributed by atoms with Crippen LogP contribution in [0.3, 0.4) is 0 Å². The fraction of sp³-hybridized carbons (Fsp3) is 0.462. The lowest BCUT2D eigenvalue weighted by molar-refractivity contribution is -0.122. The normalized spacial score (nSPS) is 22.6. The van der Waals surface area contributed by atoms with Gasteiger partial charge < -0.3 is 10.1 Å². The summed E-state index contributed by atoms with van der Waals surface area (Å²) in [5.41, 5.74) is 1.07. The monoisotopic (exact) mass is 219 g/mol. The summed E-state index contributed by atoms with van der Waals surface area (Å²) in [6.45, 7) is 2.69. The number of amides is 1. The second-order valence-corrected chi connectivity index (χ2v) is 4.39. The van der Waals surface area contributed by atoms with E-state index >= 15 is 0 Å². The molecule has 0 aliphatic heterocycles. The first-order valence-corrected chi connectivity index (χ1v) is 5.61. The highest BCUT2D eigenvalue weighted by molar-refractivity contribution is 5.81. The van der Waals surface area contributed by atoms with Crippen LogP contribution in [0.25, 0.3) is 0 Å². The first kappa shape index (κ1) is 11.0. The smallest absolute Gasteiger partial charge is 0.223 e. The molecule has 1 aromatic carbocycles. The lowest BCUT2D eigenvalue weighted by Gasteiger charge is -2.06. The van der Waals surface area contributed by atoms with Gasteiger partial charge in [-0.2, -0.15) is 0 Å². The molecule has 1 N–H and O–H groups in total. The van der Waals surface area contributed by atoms with E-state index in [9.17, 15) is 4.79 Å². The van der Waals surface area contributed by atoms with Crippen LogP contribution >= 0.6 is 0 Å². The molecule has 2 rings (SSSR count). The molecule has 1 aromatic rings. The van der Waals surface area contributed by atoms with E-state index in [-0.39, 0.29) is 11.8 Å². The predicted molar refractivity (Wildman–Crippen MR) is 62.1 cm³/mol. The van der Waals surface area contributed by atoms with Gasteiger partial charge >= 0.3 is 0 Å². The van der Waals surface area contributed by atoms with Gasteiger partial charge in [0.15, 0.2) is 0 Å². The van der Waals surface area contributed by atoms with E-state index in [0.29, 0.717) is 12.5 Å². The highest BCUT2D eigenvalue weighted by atomic mass is 16.5. The number of nitrogens with one attached hydrogen (secondary N) is 1. The lowest BCUT2D eigenvalue weighted by Crippen LogP contribution is -2.24. The Labute approximate surface area is 95.8 Å². The van der Waals surface area contributed by atoms with Crippen molar-refractivity contribution in [2.45, 2.75) is 19.9 Å². The SMILES string of the molecule is COc1cccc(CNC(=O)[C@H]2C[C@@H]2C)c1. The molecule has 0 aromatic heterocycles. The van der Waals surface area contributed by atoms with Gasteiger partial charge in [0.25, 0.3) is 0 Å². The summed E-state index contributed by atoms with van der Waals surface area (Å²) < 4.78 is 5.13. The van der Waals surface area contributed by atoms with Crippen molar-refractivity contribution in [1.29, 1.82) is 0 Å². The molecule has 86 valence electrons. The van der Waals surface area contributed by atoms with Gasteiger partial charge in [-0.3, -0.25) is 4.79 Å². The van der Waals surface area contributed by atoms with Crippen LogP contribution in [0, 0.1) is 11.8 Å². The van der Waals surface area contributed by atoms with Crippen LogP contribution in [0.15, 0.2) is 24.3 Å². The van der Waals surface area contributed by atoms with Crippen LogP contribution in [0.1, 0.15) is 18.9 Å². The molecule has 1 amide bonds. The number of hydrogen-bond acceptors (Lipinski definition) is 2. The maximum Gasteiger partial charge on any atom is 0.223 e. The van der Waals surface area contributed by atoms with E-state index in [1.165, 1.54) is 0 Å². The van der Waals surface area contributed by atoms with Crippen molar-refractivity contribution in [2.75, 3.05) is 7.11 Å². The molecule has 3 nitrogen and oxygen atoms in total. The highest BCUT2D eigenvalue weighted by Gasteiger charge is 2.38. The Hall–Kier alpha value is -1.51. The first-order chi connectivity index (χ1) is 7.70. The second kappa shape index (κ2) is 4.56. The number of methoxy groups -OCH3 is 1. The number of carbonyl (C=O) groups is 1. The molecule has 2 atom stereocenters. The average molecular weight is 219 g/mol. The molecule has 16 heavy (non-hydrogen) atoms. The van der Waals surface area contributed by atoms with Crippen LogP contribution in [-0.2, 0) is 11.3 Å². The zero-order valence-electron chi connectivity index (χ0n) is 9.69. The van der Waals surface area contributed by atoms with Crippen molar-refractivity contribution in [3.63, 3.8) is 0 Å². The Morgan fingerprint density at radius 1 is 1.56 bits per heavy atom. The summed E-state index contributed by atoms with van der Waals surface area (Å²) in [7, 11) is 1.64. The zero-order chi connectivity index (χ0) is 11.5. The Bertz CT molecular complexity index is 389. The molecule has 0 spiro atoms. The van der Waals surface area contributed by atoms with E-state index in [0.717, 1.165) is 17.7 Å². The number of benzene rings is 1. The number of ether oxygens (including phenoxy) is 1. The Morgan fingerprint density at radius 3 is 2.94 bits per heavy atom. The van der Waals surface area contributed by atoms with Crippen LogP contribution in [0.5, 0.6) is 5.75 Å². The minimum atomic E-state index is 0.176.